The SMILES string of the molecule is NNC(Cc1ccncc1Cl)C(F)(F)Cl. The molecule has 1 aromatic rings. The van der Waals surface area contributed by atoms with Gasteiger partial charge in [0.1, 0.15) is 6.04 Å². The van der Waals surface area contributed by atoms with Gasteiger partial charge in [0.15, 0.2) is 0 Å². The number of nitrogens with zero attached hydrogens (tertiary/aromatic N) is 1. The van der Waals surface area contributed by atoms with Crippen LogP contribution in [0.3, 0.4) is 0 Å². The quantitative estimate of drug-likeness (QED) is 0.491. The lowest BCUT2D eigenvalue weighted by Gasteiger charge is -2.20. The highest BCUT2D eigenvalue weighted by atomic mass is 35.5. The molecule has 1 aromatic heterocycles. The van der Waals surface area contributed by atoms with Gasteiger partial charge in [0, 0.05) is 12.4 Å². The smallest absolute Gasteiger partial charge is 0.271 e. The molecule has 15 heavy (non-hydrogen) atoms. The molecule has 1 heterocycles. The highest BCUT2D eigenvalue weighted by molar-refractivity contribution is 6.31. The Bertz CT molecular complexity index is 330. The summed E-state index contributed by atoms with van der Waals surface area (Å²) in [5, 5.41) is -3.12. The molecule has 1 unspecified atom stereocenters. The van der Waals surface area contributed by atoms with Crippen molar-refractivity contribution in [3.8, 4) is 0 Å². The Balaban J connectivity index is 2.80. The molecule has 1 rings (SSSR count). The van der Waals surface area contributed by atoms with E-state index in [1.54, 1.807) is 0 Å². The Hall–Kier alpha value is -0.490. The first-order chi connectivity index (χ1) is 6.95. The third-order valence-corrected chi connectivity index (χ3v) is 2.48. The Morgan fingerprint density at radius 1 is 1.60 bits per heavy atom. The van der Waals surface area contributed by atoms with Gasteiger partial charge in [-0.1, -0.05) is 11.6 Å². The van der Waals surface area contributed by atoms with E-state index in [0.717, 1.165) is 0 Å². The number of hydrazine groups is 1. The van der Waals surface area contributed by atoms with Crippen LogP contribution in [0.2, 0.25) is 5.02 Å². The number of aromatic nitrogens is 1. The number of nitrogens with one attached hydrogen (secondary N) is 1. The maximum absolute atomic E-state index is 12.8. The van der Waals surface area contributed by atoms with Gasteiger partial charge < -0.3 is 0 Å². The highest BCUT2D eigenvalue weighted by Gasteiger charge is 2.36. The molecule has 0 bridgehead atoms. The number of alkyl halides is 3. The zero-order valence-electron chi connectivity index (χ0n) is 7.55. The third-order valence-electron chi connectivity index (χ3n) is 1.88. The van der Waals surface area contributed by atoms with Crippen molar-refractivity contribution < 1.29 is 8.78 Å². The van der Waals surface area contributed by atoms with E-state index in [1.165, 1.54) is 18.5 Å². The molecule has 7 heteroatoms. The molecule has 0 aromatic carbocycles. The number of hydrogen-bond donors (Lipinski definition) is 2. The molecule has 0 spiro atoms. The van der Waals surface area contributed by atoms with Gasteiger partial charge in [0.2, 0.25) is 0 Å². The van der Waals surface area contributed by atoms with Gasteiger partial charge in [-0.05, 0) is 29.7 Å². The Morgan fingerprint density at radius 2 is 2.27 bits per heavy atom. The maximum Gasteiger partial charge on any atom is 0.338 e. The molecule has 0 radical (unpaired) electrons. The summed E-state index contributed by atoms with van der Waals surface area (Å²) in [4.78, 5) is 3.74. The Kier molecular flexibility index (Phi) is 4.21. The summed E-state index contributed by atoms with van der Waals surface area (Å²) in [6.45, 7) is 0. The molecule has 0 aliphatic carbocycles. The molecule has 0 aliphatic heterocycles. The lowest BCUT2D eigenvalue weighted by atomic mass is 10.1. The highest BCUT2D eigenvalue weighted by Crippen LogP contribution is 2.27. The predicted octanol–water partition coefficient (Wildman–Crippen LogP) is 1.94. The molecule has 3 nitrogen and oxygen atoms in total. The number of rotatable bonds is 4. The molecule has 0 amide bonds. The van der Waals surface area contributed by atoms with Crippen LogP contribution >= 0.6 is 23.2 Å². The summed E-state index contributed by atoms with van der Waals surface area (Å²) in [7, 11) is 0. The molecule has 3 N–H and O–H groups in total. The lowest BCUT2D eigenvalue weighted by molar-refractivity contribution is 0.0503. The van der Waals surface area contributed by atoms with Crippen molar-refractivity contribution in [3.05, 3.63) is 29.0 Å². The van der Waals surface area contributed by atoms with Crippen molar-refractivity contribution >= 4 is 23.2 Å². The summed E-state index contributed by atoms with van der Waals surface area (Å²) in [5.74, 6) is 4.98. The van der Waals surface area contributed by atoms with Crippen LogP contribution in [-0.4, -0.2) is 16.4 Å². The van der Waals surface area contributed by atoms with Gasteiger partial charge in [0.25, 0.3) is 0 Å². The second kappa shape index (κ2) is 5.03. The molecular formula is C8H9Cl2F2N3. The first-order valence-corrected chi connectivity index (χ1v) is 4.82. The monoisotopic (exact) mass is 255 g/mol. The van der Waals surface area contributed by atoms with Crippen LogP contribution in [0.25, 0.3) is 0 Å². The summed E-state index contributed by atoms with van der Waals surface area (Å²) in [6.07, 6.45) is 2.76. The van der Waals surface area contributed by atoms with E-state index < -0.39 is 11.4 Å². The van der Waals surface area contributed by atoms with E-state index in [9.17, 15) is 8.78 Å². The van der Waals surface area contributed by atoms with Crippen LogP contribution < -0.4 is 11.3 Å². The third kappa shape index (κ3) is 3.53. The van der Waals surface area contributed by atoms with Crippen LogP contribution in [0.15, 0.2) is 18.5 Å². The molecule has 1 atom stereocenters. The minimum atomic E-state index is -3.43. The summed E-state index contributed by atoms with van der Waals surface area (Å²) < 4.78 is 25.5. The largest absolute Gasteiger partial charge is 0.338 e. The number of pyridine rings is 1. The second-order valence-electron chi connectivity index (χ2n) is 2.93. The van der Waals surface area contributed by atoms with E-state index in [2.05, 4.69) is 4.98 Å². The fourth-order valence-corrected chi connectivity index (χ4v) is 1.40. The average Bonchev–Trinajstić information content (AvgIpc) is 2.14. The fourth-order valence-electron chi connectivity index (χ4n) is 1.06. The molecule has 0 fully saturated rings. The predicted molar refractivity (Wildman–Crippen MR) is 54.9 cm³/mol. The van der Waals surface area contributed by atoms with Crippen molar-refractivity contribution in [3.63, 3.8) is 0 Å². The van der Waals surface area contributed by atoms with Crippen LogP contribution in [-0.2, 0) is 6.42 Å². The van der Waals surface area contributed by atoms with Crippen molar-refractivity contribution in [2.45, 2.75) is 17.8 Å². The van der Waals surface area contributed by atoms with Crippen molar-refractivity contribution in [2.75, 3.05) is 0 Å². The molecule has 84 valence electrons. The Labute approximate surface area is 95.5 Å². The van der Waals surface area contributed by atoms with E-state index in [0.29, 0.717) is 10.6 Å². The van der Waals surface area contributed by atoms with Crippen LogP contribution in [0.5, 0.6) is 0 Å². The van der Waals surface area contributed by atoms with Gasteiger partial charge in [-0.25, -0.2) is 5.43 Å². The van der Waals surface area contributed by atoms with E-state index in [4.69, 9.17) is 29.0 Å². The standard InChI is InChI=1S/C8H9Cl2F2N3/c9-6-4-14-2-1-5(6)3-7(15-13)8(10,11)12/h1-2,4,7,15H,3,13H2. The van der Waals surface area contributed by atoms with E-state index in [-0.39, 0.29) is 6.42 Å². The van der Waals surface area contributed by atoms with E-state index in [1.807, 2.05) is 5.43 Å². The van der Waals surface area contributed by atoms with Gasteiger partial charge in [0.05, 0.1) is 5.02 Å². The fraction of sp³-hybridized carbons (Fsp3) is 0.375. The molecule has 0 saturated heterocycles. The Morgan fingerprint density at radius 3 is 2.73 bits per heavy atom. The number of nitrogens with two attached hydrogens (primary N) is 1. The first-order valence-electron chi connectivity index (χ1n) is 4.06. The minimum Gasteiger partial charge on any atom is -0.271 e. The maximum atomic E-state index is 12.8. The molecular weight excluding hydrogens is 247 g/mol. The summed E-state index contributed by atoms with van der Waals surface area (Å²) in [5.41, 5.74) is 2.47. The van der Waals surface area contributed by atoms with Crippen LogP contribution in [0.1, 0.15) is 5.56 Å². The topological polar surface area (TPSA) is 50.9 Å². The minimum absolute atomic E-state index is 0.0750. The zero-order valence-corrected chi connectivity index (χ0v) is 9.06. The lowest BCUT2D eigenvalue weighted by Crippen LogP contribution is -2.46. The van der Waals surface area contributed by atoms with Crippen LogP contribution in [0.4, 0.5) is 8.78 Å². The van der Waals surface area contributed by atoms with Gasteiger partial charge in [-0.3, -0.25) is 10.8 Å². The molecule has 0 aliphatic rings. The van der Waals surface area contributed by atoms with Crippen LogP contribution in [0, 0.1) is 0 Å². The van der Waals surface area contributed by atoms with Crippen molar-refractivity contribution in [1.29, 1.82) is 0 Å². The number of halogens is 4. The van der Waals surface area contributed by atoms with Gasteiger partial charge in [-0.2, -0.15) is 8.78 Å². The molecule has 0 saturated carbocycles. The van der Waals surface area contributed by atoms with Crippen molar-refractivity contribution in [1.82, 2.24) is 10.4 Å². The number of hydrogen-bond acceptors (Lipinski definition) is 3. The van der Waals surface area contributed by atoms with Crippen molar-refractivity contribution in [2.24, 2.45) is 5.84 Å². The van der Waals surface area contributed by atoms with Gasteiger partial charge in [-0.15, -0.1) is 0 Å². The average molecular weight is 256 g/mol. The summed E-state index contributed by atoms with van der Waals surface area (Å²) in [6, 6.07) is 0.161. The normalized spacial score (nSPS) is 13.9. The summed E-state index contributed by atoms with van der Waals surface area (Å²) >= 11 is 10.6. The van der Waals surface area contributed by atoms with Gasteiger partial charge >= 0.3 is 5.38 Å². The second-order valence-corrected chi connectivity index (χ2v) is 3.84. The first kappa shape index (κ1) is 12.6. The van der Waals surface area contributed by atoms with E-state index >= 15 is 0 Å². The zero-order chi connectivity index (χ0) is 11.5.